The zero-order chi connectivity index (χ0) is 15.7. The van der Waals surface area contributed by atoms with Crippen LogP contribution >= 0.6 is 22.9 Å². The molecule has 0 aliphatic heterocycles. The number of anilines is 2. The number of carbonyl (C=O) groups is 1. The first kappa shape index (κ1) is 15.2. The van der Waals surface area contributed by atoms with Gasteiger partial charge in [-0.05, 0) is 43.4 Å². The largest absolute Gasteiger partial charge is 0.325 e. The van der Waals surface area contributed by atoms with Gasteiger partial charge in [-0.15, -0.1) is 11.3 Å². The molecule has 0 bridgehead atoms. The molecule has 2 amide bonds. The first-order valence-electron chi connectivity index (χ1n) is 7.03. The summed E-state index contributed by atoms with van der Waals surface area (Å²) in [5.41, 5.74) is 1.15. The van der Waals surface area contributed by atoms with Crippen molar-refractivity contribution < 1.29 is 9.18 Å². The summed E-state index contributed by atoms with van der Waals surface area (Å²) in [6.07, 6.45) is 3.07. The number of nitrogens with one attached hydrogen (secondary N) is 2. The fraction of sp³-hybridized carbons (Fsp3) is 0.333. The van der Waals surface area contributed by atoms with Crippen LogP contribution in [0.2, 0.25) is 5.02 Å². The topological polar surface area (TPSA) is 54.0 Å². The molecule has 7 heteroatoms. The summed E-state index contributed by atoms with van der Waals surface area (Å²) in [7, 11) is 0. The lowest BCUT2D eigenvalue weighted by Crippen LogP contribution is -2.20. The van der Waals surface area contributed by atoms with Crippen LogP contribution in [0.1, 0.15) is 23.9 Å². The Hall–Kier alpha value is -1.66. The van der Waals surface area contributed by atoms with Crippen LogP contribution in [0.5, 0.6) is 0 Å². The number of hydrogen-bond acceptors (Lipinski definition) is 3. The minimum Gasteiger partial charge on any atom is -0.305 e. The number of aryl methyl sites for hydroxylation is 1. The summed E-state index contributed by atoms with van der Waals surface area (Å²) in [4.78, 5) is 17.6. The molecule has 1 aromatic carbocycles. The highest BCUT2D eigenvalue weighted by Gasteiger charge is 2.20. The molecule has 1 heterocycles. The number of hydrogen-bond donors (Lipinski definition) is 2. The summed E-state index contributed by atoms with van der Waals surface area (Å²) in [5.74, 6) is 0.0766. The molecule has 22 heavy (non-hydrogen) atoms. The lowest BCUT2D eigenvalue weighted by atomic mass is 9.93. The number of amides is 2. The van der Waals surface area contributed by atoms with Crippen molar-refractivity contribution in [2.75, 3.05) is 10.6 Å². The minimum atomic E-state index is -0.574. The number of nitrogens with zero attached hydrogens (tertiary/aromatic N) is 1. The van der Waals surface area contributed by atoms with Gasteiger partial charge < -0.3 is 5.32 Å². The minimum absolute atomic E-state index is 0.0804. The summed E-state index contributed by atoms with van der Waals surface area (Å²) in [5, 5.41) is 5.95. The van der Waals surface area contributed by atoms with Gasteiger partial charge in [0.1, 0.15) is 5.82 Å². The van der Waals surface area contributed by atoms with Gasteiger partial charge in [0.2, 0.25) is 0 Å². The number of thiazole rings is 1. The Morgan fingerprint density at radius 1 is 1.45 bits per heavy atom. The second-order valence-corrected chi connectivity index (χ2v) is 6.96. The molecule has 0 unspecified atom stereocenters. The predicted molar refractivity (Wildman–Crippen MR) is 87.4 cm³/mol. The van der Waals surface area contributed by atoms with Crippen molar-refractivity contribution in [3.63, 3.8) is 0 Å². The molecule has 4 nitrogen and oxygen atoms in total. The van der Waals surface area contributed by atoms with Crippen molar-refractivity contribution in [2.24, 2.45) is 5.92 Å². The molecule has 1 aliphatic rings. The van der Waals surface area contributed by atoms with Crippen LogP contribution in [0.25, 0.3) is 0 Å². The number of urea groups is 1. The maximum atomic E-state index is 13.6. The Labute approximate surface area is 136 Å². The van der Waals surface area contributed by atoms with E-state index < -0.39 is 11.8 Å². The zero-order valence-corrected chi connectivity index (χ0v) is 13.5. The molecule has 1 atom stereocenters. The Bertz CT molecular complexity index is 719. The van der Waals surface area contributed by atoms with E-state index in [1.807, 2.05) is 0 Å². The van der Waals surface area contributed by atoms with Gasteiger partial charge in [-0.1, -0.05) is 18.5 Å². The van der Waals surface area contributed by atoms with Crippen molar-refractivity contribution in [2.45, 2.75) is 26.2 Å². The van der Waals surface area contributed by atoms with Crippen LogP contribution in [0.3, 0.4) is 0 Å². The number of aromatic nitrogens is 1. The maximum Gasteiger partial charge on any atom is 0.325 e. The summed E-state index contributed by atoms with van der Waals surface area (Å²) in [6.45, 7) is 2.21. The van der Waals surface area contributed by atoms with Crippen LogP contribution in [-0.2, 0) is 12.8 Å². The smallest absolute Gasteiger partial charge is 0.305 e. The van der Waals surface area contributed by atoms with Gasteiger partial charge in [-0.3, -0.25) is 5.32 Å². The molecule has 3 rings (SSSR count). The number of fused-ring (bicyclic) bond motifs is 1. The molecule has 0 spiro atoms. The van der Waals surface area contributed by atoms with E-state index in [4.69, 9.17) is 11.6 Å². The molecule has 116 valence electrons. The Kier molecular flexibility index (Phi) is 4.31. The van der Waals surface area contributed by atoms with Crippen molar-refractivity contribution in [3.05, 3.63) is 39.6 Å². The highest BCUT2D eigenvalue weighted by atomic mass is 35.5. The van der Waals surface area contributed by atoms with Gasteiger partial charge in [0, 0.05) is 9.90 Å². The van der Waals surface area contributed by atoms with Crippen LogP contribution < -0.4 is 10.6 Å². The Morgan fingerprint density at radius 3 is 3.05 bits per heavy atom. The van der Waals surface area contributed by atoms with E-state index in [9.17, 15) is 9.18 Å². The number of benzene rings is 1. The molecule has 0 saturated carbocycles. The van der Waals surface area contributed by atoms with Crippen molar-refractivity contribution in [3.8, 4) is 0 Å². The van der Waals surface area contributed by atoms with Gasteiger partial charge in [0.05, 0.1) is 11.4 Å². The van der Waals surface area contributed by atoms with Gasteiger partial charge in [0.25, 0.3) is 0 Å². The van der Waals surface area contributed by atoms with Gasteiger partial charge in [-0.2, -0.15) is 0 Å². The van der Waals surface area contributed by atoms with Gasteiger partial charge in [0.15, 0.2) is 5.13 Å². The average molecular weight is 340 g/mol. The van der Waals surface area contributed by atoms with E-state index in [1.54, 1.807) is 0 Å². The monoisotopic (exact) mass is 339 g/mol. The van der Waals surface area contributed by atoms with Crippen LogP contribution in [-0.4, -0.2) is 11.0 Å². The lowest BCUT2D eigenvalue weighted by Gasteiger charge is -2.15. The van der Waals surface area contributed by atoms with Crippen LogP contribution in [0.15, 0.2) is 18.2 Å². The molecule has 1 aliphatic carbocycles. The fourth-order valence-electron chi connectivity index (χ4n) is 2.43. The van der Waals surface area contributed by atoms with Crippen LogP contribution in [0.4, 0.5) is 20.0 Å². The highest BCUT2D eigenvalue weighted by molar-refractivity contribution is 7.15. The van der Waals surface area contributed by atoms with Gasteiger partial charge >= 0.3 is 6.03 Å². The summed E-state index contributed by atoms with van der Waals surface area (Å²) >= 11 is 7.16. The van der Waals surface area contributed by atoms with E-state index in [2.05, 4.69) is 22.5 Å². The first-order valence-corrected chi connectivity index (χ1v) is 8.22. The maximum absolute atomic E-state index is 13.6. The van der Waals surface area contributed by atoms with E-state index in [0.717, 1.165) is 31.0 Å². The third-order valence-corrected chi connectivity index (χ3v) is 4.86. The van der Waals surface area contributed by atoms with E-state index in [1.165, 1.54) is 28.3 Å². The SMILES string of the molecule is C[C@H]1CCc2nc(NC(=O)Nc3ccc(Cl)cc3F)sc2C1. The second kappa shape index (κ2) is 6.22. The second-order valence-electron chi connectivity index (χ2n) is 5.44. The van der Waals surface area contributed by atoms with E-state index >= 15 is 0 Å². The van der Waals surface area contributed by atoms with E-state index in [-0.39, 0.29) is 10.7 Å². The molecular weight excluding hydrogens is 325 g/mol. The lowest BCUT2D eigenvalue weighted by molar-refractivity contribution is 0.262. The number of rotatable bonds is 2. The average Bonchev–Trinajstić information content (AvgIpc) is 2.83. The molecule has 2 N–H and O–H groups in total. The zero-order valence-electron chi connectivity index (χ0n) is 12.0. The van der Waals surface area contributed by atoms with Crippen molar-refractivity contribution >= 4 is 39.8 Å². The molecule has 0 saturated heterocycles. The Morgan fingerprint density at radius 2 is 2.27 bits per heavy atom. The summed E-state index contributed by atoms with van der Waals surface area (Å²) < 4.78 is 13.6. The molecule has 2 aromatic rings. The fourth-order valence-corrected chi connectivity index (χ4v) is 3.76. The van der Waals surface area contributed by atoms with Gasteiger partial charge in [-0.25, -0.2) is 14.2 Å². The standard InChI is InChI=1S/C15H15ClFN3OS/c1-8-2-4-12-13(6-8)22-15(19-12)20-14(21)18-11-5-3-9(16)7-10(11)17/h3,5,7-8H,2,4,6H2,1H3,(H2,18,19,20,21)/t8-/m0/s1. The number of carbonyl (C=O) groups excluding carboxylic acids is 1. The first-order chi connectivity index (χ1) is 10.5. The molecule has 0 fully saturated rings. The van der Waals surface area contributed by atoms with Crippen molar-refractivity contribution in [1.29, 1.82) is 0 Å². The molecule has 1 aromatic heterocycles. The number of halogens is 2. The Balaban J connectivity index is 1.67. The van der Waals surface area contributed by atoms with E-state index in [0.29, 0.717) is 11.0 Å². The van der Waals surface area contributed by atoms with Crippen molar-refractivity contribution in [1.82, 2.24) is 4.98 Å². The molecule has 0 radical (unpaired) electrons. The third-order valence-electron chi connectivity index (χ3n) is 3.59. The quantitative estimate of drug-likeness (QED) is 0.832. The normalized spacial score (nSPS) is 17.0. The molecular formula is C15H15ClFN3OS. The summed E-state index contributed by atoms with van der Waals surface area (Å²) in [6, 6.07) is 3.58. The predicted octanol–water partition coefficient (Wildman–Crippen LogP) is 4.70. The highest BCUT2D eigenvalue weighted by Crippen LogP contribution is 2.32. The third kappa shape index (κ3) is 3.39. The van der Waals surface area contributed by atoms with Crippen LogP contribution in [0, 0.1) is 11.7 Å².